The highest BCUT2D eigenvalue weighted by molar-refractivity contribution is 7.85. The summed E-state index contributed by atoms with van der Waals surface area (Å²) in [5.74, 6) is -0.248. The van der Waals surface area contributed by atoms with Crippen molar-refractivity contribution in [1.29, 1.82) is 0 Å². The zero-order valence-electron chi connectivity index (χ0n) is 13.6. The Labute approximate surface area is 131 Å². The van der Waals surface area contributed by atoms with Crippen LogP contribution in [0.25, 0.3) is 0 Å². The fourth-order valence-electron chi connectivity index (χ4n) is 2.51. The molecule has 0 aromatic rings. The molecule has 0 aliphatic rings. The average Bonchev–Trinajstić information content (AvgIpc) is 2.39. The zero-order chi connectivity index (χ0) is 16.0. The van der Waals surface area contributed by atoms with Gasteiger partial charge in [-0.3, -0.25) is 4.55 Å². The molecule has 4 nitrogen and oxygen atoms in total. The molecule has 0 bridgehead atoms. The molecule has 0 heterocycles. The van der Waals surface area contributed by atoms with Crippen molar-refractivity contribution in [1.82, 2.24) is 0 Å². The summed E-state index contributed by atoms with van der Waals surface area (Å²) in [5, 5.41) is 9.69. The van der Waals surface area contributed by atoms with Crippen LogP contribution in [0, 0.1) is 0 Å². The molecular weight excluding hydrogens is 288 g/mol. The third-order valence-electron chi connectivity index (χ3n) is 3.83. The lowest BCUT2D eigenvalue weighted by Crippen LogP contribution is -2.10. The summed E-state index contributed by atoms with van der Waals surface area (Å²) in [6.45, 7) is 2.23. The van der Waals surface area contributed by atoms with E-state index >= 15 is 0 Å². The molecule has 0 spiro atoms. The van der Waals surface area contributed by atoms with Gasteiger partial charge in [0.2, 0.25) is 0 Å². The summed E-state index contributed by atoms with van der Waals surface area (Å²) in [7, 11) is -3.87. The van der Waals surface area contributed by atoms with E-state index in [2.05, 4.69) is 6.92 Å². The third kappa shape index (κ3) is 17.8. The maximum atomic E-state index is 10.5. The van der Waals surface area contributed by atoms with Crippen molar-refractivity contribution < 1.29 is 18.1 Å². The van der Waals surface area contributed by atoms with Gasteiger partial charge in [-0.15, -0.1) is 0 Å². The van der Waals surface area contributed by atoms with Gasteiger partial charge in [-0.25, -0.2) is 0 Å². The van der Waals surface area contributed by atoms with Gasteiger partial charge in [0, 0.05) is 0 Å². The summed E-state index contributed by atoms with van der Waals surface area (Å²) in [4.78, 5) is 0. The predicted octanol–water partition coefficient (Wildman–Crippen LogP) is 4.33. The van der Waals surface area contributed by atoms with Gasteiger partial charge >= 0.3 is 0 Å². The normalized spacial score (nSPS) is 13.5. The molecule has 0 aromatic heterocycles. The van der Waals surface area contributed by atoms with E-state index in [1.165, 1.54) is 51.4 Å². The van der Waals surface area contributed by atoms with Crippen LogP contribution in [0.1, 0.15) is 90.4 Å². The Morgan fingerprint density at radius 3 is 1.67 bits per heavy atom. The van der Waals surface area contributed by atoms with Gasteiger partial charge in [0.05, 0.1) is 11.9 Å². The van der Waals surface area contributed by atoms with Crippen LogP contribution in [0.4, 0.5) is 0 Å². The Balaban J connectivity index is 3.23. The Morgan fingerprint density at radius 1 is 0.762 bits per heavy atom. The van der Waals surface area contributed by atoms with Gasteiger partial charge in [-0.2, -0.15) is 8.42 Å². The van der Waals surface area contributed by atoms with Crippen molar-refractivity contribution in [2.24, 2.45) is 0 Å². The molecular formula is C16H34O4S. The van der Waals surface area contributed by atoms with Crippen LogP contribution in [0.2, 0.25) is 0 Å². The molecule has 0 amide bonds. The summed E-state index contributed by atoms with van der Waals surface area (Å²) < 4.78 is 29.6. The van der Waals surface area contributed by atoms with E-state index in [4.69, 9.17) is 4.55 Å². The van der Waals surface area contributed by atoms with E-state index in [1.54, 1.807) is 0 Å². The molecule has 0 aromatic carbocycles. The Bertz CT molecular complexity index is 314. The molecule has 0 aliphatic heterocycles. The number of rotatable bonds is 15. The van der Waals surface area contributed by atoms with E-state index in [0.29, 0.717) is 12.8 Å². The summed E-state index contributed by atoms with van der Waals surface area (Å²) in [6.07, 6.45) is 13.8. The highest BCUT2D eigenvalue weighted by atomic mass is 32.2. The minimum absolute atomic E-state index is 0.248. The lowest BCUT2D eigenvalue weighted by molar-refractivity contribution is 0.150. The second-order valence-corrected chi connectivity index (χ2v) is 7.62. The molecule has 0 saturated heterocycles. The van der Waals surface area contributed by atoms with Crippen molar-refractivity contribution >= 4 is 10.1 Å². The van der Waals surface area contributed by atoms with Crippen LogP contribution in [0.15, 0.2) is 0 Å². The topological polar surface area (TPSA) is 74.6 Å². The number of hydrogen-bond donors (Lipinski definition) is 2. The minimum atomic E-state index is -3.87. The van der Waals surface area contributed by atoms with Gasteiger partial charge in [-0.1, -0.05) is 71.1 Å². The van der Waals surface area contributed by atoms with Crippen molar-refractivity contribution in [2.45, 2.75) is 96.5 Å². The molecule has 0 aliphatic carbocycles. The highest BCUT2D eigenvalue weighted by Crippen LogP contribution is 2.13. The van der Waals surface area contributed by atoms with Crippen LogP contribution < -0.4 is 0 Å². The summed E-state index contributed by atoms with van der Waals surface area (Å²) >= 11 is 0. The lowest BCUT2D eigenvalue weighted by atomic mass is 10.0. The number of unbranched alkanes of at least 4 members (excludes halogenated alkanes) is 9. The molecule has 2 N–H and O–H groups in total. The second kappa shape index (κ2) is 13.5. The van der Waals surface area contributed by atoms with Gasteiger partial charge in [-0.05, 0) is 19.3 Å². The van der Waals surface area contributed by atoms with Crippen molar-refractivity contribution in [3.05, 3.63) is 0 Å². The number of hydrogen-bond acceptors (Lipinski definition) is 3. The molecule has 0 saturated carbocycles. The first-order valence-corrected chi connectivity index (χ1v) is 10.2. The van der Waals surface area contributed by atoms with Gasteiger partial charge in [0.25, 0.3) is 10.1 Å². The first kappa shape index (κ1) is 20.9. The smallest absolute Gasteiger partial charge is 0.264 e. The standard InChI is InChI=1S/C16H34O4S/c1-2-3-4-5-6-7-8-9-10-11-13-16(17)14-12-15-21(18,19)20/h16-17H,2-15H2,1H3,(H,18,19,20). The first-order chi connectivity index (χ1) is 9.95. The maximum absolute atomic E-state index is 10.5. The zero-order valence-corrected chi connectivity index (χ0v) is 14.4. The van der Waals surface area contributed by atoms with E-state index in [-0.39, 0.29) is 5.75 Å². The monoisotopic (exact) mass is 322 g/mol. The average molecular weight is 323 g/mol. The molecule has 0 radical (unpaired) electrons. The van der Waals surface area contributed by atoms with Crippen LogP contribution in [-0.2, 0) is 10.1 Å². The van der Waals surface area contributed by atoms with Gasteiger partial charge in [0.15, 0.2) is 0 Å². The number of aliphatic hydroxyl groups is 1. The van der Waals surface area contributed by atoms with Crippen molar-refractivity contribution in [3.8, 4) is 0 Å². The predicted molar refractivity (Wildman–Crippen MR) is 88.1 cm³/mol. The minimum Gasteiger partial charge on any atom is -0.393 e. The molecule has 21 heavy (non-hydrogen) atoms. The highest BCUT2D eigenvalue weighted by Gasteiger charge is 2.08. The van der Waals surface area contributed by atoms with Crippen molar-refractivity contribution in [3.63, 3.8) is 0 Å². The first-order valence-electron chi connectivity index (χ1n) is 8.59. The number of aliphatic hydroxyl groups excluding tert-OH is 1. The Morgan fingerprint density at radius 2 is 1.19 bits per heavy atom. The molecule has 128 valence electrons. The molecule has 0 fully saturated rings. The fraction of sp³-hybridized carbons (Fsp3) is 1.00. The van der Waals surface area contributed by atoms with E-state index in [0.717, 1.165) is 19.3 Å². The lowest BCUT2D eigenvalue weighted by Gasteiger charge is -2.09. The van der Waals surface area contributed by atoms with Crippen molar-refractivity contribution in [2.75, 3.05) is 5.75 Å². The largest absolute Gasteiger partial charge is 0.393 e. The quantitative estimate of drug-likeness (QED) is 0.348. The van der Waals surface area contributed by atoms with Gasteiger partial charge in [0.1, 0.15) is 0 Å². The molecule has 1 unspecified atom stereocenters. The third-order valence-corrected chi connectivity index (χ3v) is 4.64. The second-order valence-electron chi connectivity index (χ2n) is 6.05. The SMILES string of the molecule is CCCCCCCCCCCCC(O)CCCS(=O)(=O)O. The summed E-state index contributed by atoms with van der Waals surface area (Å²) in [6, 6.07) is 0. The van der Waals surface area contributed by atoms with E-state index in [1.807, 2.05) is 0 Å². The maximum Gasteiger partial charge on any atom is 0.264 e. The molecule has 1 atom stereocenters. The van der Waals surface area contributed by atoms with Crippen LogP contribution in [-0.4, -0.2) is 29.9 Å². The molecule has 5 heteroatoms. The Kier molecular flexibility index (Phi) is 13.4. The van der Waals surface area contributed by atoms with Crippen LogP contribution in [0.5, 0.6) is 0 Å². The summed E-state index contributed by atoms with van der Waals surface area (Å²) in [5.41, 5.74) is 0. The Hall–Kier alpha value is -0.130. The van der Waals surface area contributed by atoms with E-state index < -0.39 is 16.2 Å². The fourth-order valence-corrected chi connectivity index (χ4v) is 3.04. The van der Waals surface area contributed by atoms with Crippen LogP contribution >= 0.6 is 0 Å². The molecule has 0 rings (SSSR count). The van der Waals surface area contributed by atoms with Gasteiger partial charge < -0.3 is 5.11 Å². The van der Waals surface area contributed by atoms with Crippen LogP contribution in [0.3, 0.4) is 0 Å². The van der Waals surface area contributed by atoms with E-state index in [9.17, 15) is 13.5 Å².